The molecular formula is C31H31OP. The summed E-state index contributed by atoms with van der Waals surface area (Å²) in [5.41, 5.74) is 1.22. The summed E-state index contributed by atoms with van der Waals surface area (Å²) in [7, 11) is -2.47. The van der Waals surface area contributed by atoms with Gasteiger partial charge in [0.25, 0.3) is 0 Å². The van der Waals surface area contributed by atoms with E-state index in [9.17, 15) is 0 Å². The summed E-state index contributed by atoms with van der Waals surface area (Å²) in [6.07, 6.45) is 4.52. The average Bonchev–Trinajstić information content (AvgIpc) is 2.91. The predicted molar refractivity (Wildman–Crippen MR) is 143 cm³/mol. The van der Waals surface area contributed by atoms with Crippen molar-refractivity contribution in [1.29, 1.82) is 0 Å². The zero-order chi connectivity index (χ0) is 22.3. The van der Waals surface area contributed by atoms with Crippen molar-refractivity contribution in [1.82, 2.24) is 0 Å². The standard InChI is InChI=1S/C31H31OP/c1-5-15-26(16-6-1)25-32-30-23-13-14-24-31(30)33(27-17-7-2-8-18-27,28-19-9-3-10-20-28)29-21-11-4-12-22-29/h1-12,15-22,33H,13-14,23-25H2. The third kappa shape index (κ3) is 4.39. The van der Waals surface area contributed by atoms with E-state index >= 15 is 0 Å². The van der Waals surface area contributed by atoms with Crippen LogP contribution in [0.1, 0.15) is 31.2 Å². The maximum absolute atomic E-state index is 6.67. The van der Waals surface area contributed by atoms with E-state index in [4.69, 9.17) is 4.74 Å². The van der Waals surface area contributed by atoms with Gasteiger partial charge in [0.05, 0.1) is 0 Å². The zero-order valence-electron chi connectivity index (χ0n) is 19.0. The molecule has 33 heavy (non-hydrogen) atoms. The van der Waals surface area contributed by atoms with Gasteiger partial charge in [0, 0.05) is 0 Å². The van der Waals surface area contributed by atoms with Crippen LogP contribution in [0.15, 0.2) is 132 Å². The molecular weight excluding hydrogens is 419 g/mol. The second kappa shape index (κ2) is 10.2. The molecule has 166 valence electrons. The topological polar surface area (TPSA) is 9.23 Å². The Labute approximate surface area is 198 Å². The SMILES string of the molecule is c1ccc(COC2=C([PH](c3ccccc3)(c3ccccc3)c3ccccc3)CCCC2)cc1. The van der Waals surface area contributed by atoms with Gasteiger partial charge in [0.1, 0.15) is 0 Å². The molecule has 1 aliphatic carbocycles. The number of allylic oxidation sites excluding steroid dienone is 2. The van der Waals surface area contributed by atoms with Crippen LogP contribution in [0.5, 0.6) is 0 Å². The average molecular weight is 451 g/mol. The first-order valence-electron chi connectivity index (χ1n) is 11.9. The van der Waals surface area contributed by atoms with Crippen molar-refractivity contribution in [2.75, 3.05) is 0 Å². The number of hydrogen-bond donors (Lipinski definition) is 0. The first kappa shape index (κ1) is 21.7. The van der Waals surface area contributed by atoms with Crippen molar-refractivity contribution in [3.8, 4) is 0 Å². The Morgan fingerprint density at radius 1 is 0.515 bits per heavy atom. The van der Waals surface area contributed by atoms with Gasteiger partial charge in [-0.25, -0.2) is 0 Å². The van der Waals surface area contributed by atoms with Crippen LogP contribution in [0.2, 0.25) is 0 Å². The summed E-state index contributed by atoms with van der Waals surface area (Å²) in [6, 6.07) is 44.1. The Kier molecular flexibility index (Phi) is 6.70. The molecule has 0 heterocycles. The van der Waals surface area contributed by atoms with Gasteiger partial charge in [0.15, 0.2) is 0 Å². The van der Waals surface area contributed by atoms with Crippen LogP contribution in [0.25, 0.3) is 0 Å². The molecule has 4 aromatic rings. The van der Waals surface area contributed by atoms with E-state index in [-0.39, 0.29) is 0 Å². The van der Waals surface area contributed by atoms with E-state index in [1.807, 2.05) is 0 Å². The van der Waals surface area contributed by atoms with E-state index in [0.29, 0.717) is 6.61 Å². The molecule has 0 radical (unpaired) electrons. The maximum atomic E-state index is 6.67. The molecule has 0 atom stereocenters. The van der Waals surface area contributed by atoms with Crippen LogP contribution < -0.4 is 15.9 Å². The summed E-state index contributed by atoms with van der Waals surface area (Å²) < 4.78 is 6.67. The quantitative estimate of drug-likeness (QED) is 0.284. The van der Waals surface area contributed by atoms with Crippen LogP contribution in [-0.2, 0) is 11.3 Å². The molecule has 0 spiro atoms. The molecule has 0 saturated heterocycles. The summed E-state index contributed by atoms with van der Waals surface area (Å²) >= 11 is 0. The molecule has 0 aromatic heterocycles. The Balaban J connectivity index is 1.74. The van der Waals surface area contributed by atoms with Crippen LogP contribution in [0.3, 0.4) is 0 Å². The van der Waals surface area contributed by atoms with Crippen molar-refractivity contribution < 1.29 is 4.74 Å². The van der Waals surface area contributed by atoms with Gasteiger partial charge >= 0.3 is 198 Å². The number of rotatable bonds is 7. The molecule has 4 aromatic carbocycles. The van der Waals surface area contributed by atoms with Crippen molar-refractivity contribution in [3.05, 3.63) is 138 Å². The second-order valence-corrected chi connectivity index (χ2v) is 12.6. The molecule has 0 saturated carbocycles. The molecule has 0 unspecified atom stereocenters. The van der Waals surface area contributed by atoms with E-state index in [1.165, 1.54) is 45.4 Å². The van der Waals surface area contributed by atoms with Gasteiger partial charge in [-0.2, -0.15) is 0 Å². The van der Waals surface area contributed by atoms with Gasteiger partial charge in [0.2, 0.25) is 0 Å². The van der Waals surface area contributed by atoms with Gasteiger partial charge in [-0.05, 0) is 0 Å². The van der Waals surface area contributed by atoms with Gasteiger partial charge in [-0.3, -0.25) is 0 Å². The summed E-state index contributed by atoms with van der Waals surface area (Å²) in [5.74, 6) is 1.22. The fraction of sp³-hybridized carbons (Fsp3) is 0.161. The van der Waals surface area contributed by atoms with Crippen molar-refractivity contribution in [2.24, 2.45) is 0 Å². The predicted octanol–water partition coefficient (Wildman–Crippen LogP) is 6.72. The molecule has 0 amide bonds. The monoisotopic (exact) mass is 450 g/mol. The Hall–Kier alpha value is -3.15. The normalized spacial score (nSPS) is 14.7. The van der Waals surface area contributed by atoms with Crippen LogP contribution in [-0.4, -0.2) is 0 Å². The molecule has 5 rings (SSSR count). The minimum atomic E-state index is -2.47. The van der Waals surface area contributed by atoms with Gasteiger partial charge < -0.3 is 0 Å². The summed E-state index contributed by atoms with van der Waals surface area (Å²) in [5, 5.41) is 5.83. The van der Waals surface area contributed by atoms with Crippen LogP contribution in [0.4, 0.5) is 0 Å². The number of ether oxygens (including phenoxy) is 1. The van der Waals surface area contributed by atoms with Crippen molar-refractivity contribution in [2.45, 2.75) is 32.3 Å². The number of benzene rings is 4. The van der Waals surface area contributed by atoms with Crippen molar-refractivity contribution >= 4 is 23.2 Å². The van der Waals surface area contributed by atoms with E-state index in [1.54, 1.807) is 0 Å². The third-order valence-corrected chi connectivity index (χ3v) is 11.8. The fourth-order valence-corrected chi connectivity index (χ4v) is 10.6. The van der Waals surface area contributed by atoms with E-state index in [0.717, 1.165) is 12.8 Å². The van der Waals surface area contributed by atoms with Gasteiger partial charge in [-0.15, -0.1) is 0 Å². The van der Waals surface area contributed by atoms with Gasteiger partial charge in [-0.1, -0.05) is 0 Å². The fourth-order valence-electron chi connectivity index (χ4n) is 5.27. The molecule has 1 nitrogen and oxygen atoms in total. The Morgan fingerprint density at radius 3 is 1.42 bits per heavy atom. The number of hydrogen-bond acceptors (Lipinski definition) is 1. The second-order valence-electron chi connectivity index (χ2n) is 8.73. The van der Waals surface area contributed by atoms with Crippen LogP contribution in [0, 0.1) is 0 Å². The molecule has 0 aliphatic heterocycles. The third-order valence-electron chi connectivity index (χ3n) is 6.75. The Morgan fingerprint density at radius 2 is 0.939 bits per heavy atom. The minimum absolute atomic E-state index is 0.628. The first-order chi connectivity index (χ1) is 16.4. The van der Waals surface area contributed by atoms with Crippen LogP contribution >= 0.6 is 7.26 Å². The molecule has 0 fully saturated rings. The zero-order valence-corrected chi connectivity index (χ0v) is 20.0. The molecule has 0 N–H and O–H groups in total. The van der Waals surface area contributed by atoms with E-state index in [2.05, 4.69) is 121 Å². The first-order valence-corrected chi connectivity index (χ1v) is 13.9. The molecule has 0 bridgehead atoms. The summed E-state index contributed by atoms with van der Waals surface area (Å²) in [6.45, 7) is 0.628. The summed E-state index contributed by atoms with van der Waals surface area (Å²) in [4.78, 5) is 0. The Bertz CT molecular complexity index is 1090. The van der Waals surface area contributed by atoms with E-state index < -0.39 is 7.26 Å². The molecule has 1 aliphatic rings. The van der Waals surface area contributed by atoms with Crippen molar-refractivity contribution in [3.63, 3.8) is 0 Å². The molecule has 2 heteroatoms.